The van der Waals surface area contributed by atoms with Crippen LogP contribution in [-0.4, -0.2) is 56.8 Å². The van der Waals surface area contributed by atoms with Gasteiger partial charge in [0, 0.05) is 50.9 Å². The van der Waals surface area contributed by atoms with Crippen LogP contribution >= 0.6 is 0 Å². The van der Waals surface area contributed by atoms with Gasteiger partial charge in [-0.3, -0.25) is 19.0 Å². The molecule has 0 spiro atoms. The molecule has 2 amide bonds. The van der Waals surface area contributed by atoms with E-state index in [9.17, 15) is 19.2 Å². The molecule has 2 aliphatic heterocycles. The van der Waals surface area contributed by atoms with Gasteiger partial charge in [0.2, 0.25) is 11.8 Å². The third kappa shape index (κ3) is 3.89. The topological polar surface area (TPSA) is 95.5 Å². The maximum Gasteiger partial charge on any atom is 0.328 e. The highest BCUT2D eigenvalue weighted by molar-refractivity contribution is 5.79. The highest BCUT2D eigenvalue weighted by atomic mass is 16.2. The SMILES string of the molecule is Cn1c(=O)[nH]cc(CC(=O)N2CCCC[C@@H]2CCN2CCCC2=O)c1=O. The first-order valence-corrected chi connectivity index (χ1v) is 9.32. The van der Waals surface area contributed by atoms with Gasteiger partial charge < -0.3 is 14.8 Å². The molecule has 0 saturated carbocycles. The molecule has 8 nitrogen and oxygen atoms in total. The third-order valence-corrected chi connectivity index (χ3v) is 5.45. The van der Waals surface area contributed by atoms with Crippen molar-refractivity contribution in [3.8, 4) is 0 Å². The maximum atomic E-state index is 12.8. The Labute approximate surface area is 151 Å². The number of hydrogen-bond acceptors (Lipinski definition) is 4. The molecule has 3 heterocycles. The maximum absolute atomic E-state index is 12.8. The fourth-order valence-corrected chi connectivity index (χ4v) is 3.88. The van der Waals surface area contributed by atoms with Crippen LogP contribution < -0.4 is 11.2 Å². The number of carbonyl (C=O) groups excluding carboxylic acids is 2. The molecule has 1 N–H and O–H groups in total. The van der Waals surface area contributed by atoms with E-state index in [4.69, 9.17) is 0 Å². The minimum atomic E-state index is -0.489. The lowest BCUT2D eigenvalue weighted by atomic mass is 9.98. The highest BCUT2D eigenvalue weighted by Gasteiger charge is 2.29. The summed E-state index contributed by atoms with van der Waals surface area (Å²) in [6.45, 7) is 2.18. The summed E-state index contributed by atoms with van der Waals surface area (Å²) >= 11 is 0. The van der Waals surface area contributed by atoms with E-state index >= 15 is 0 Å². The standard InChI is InChI=1S/C18H26N4O4/c1-20-17(25)13(12-19-18(20)26)11-16(24)22-9-3-2-5-14(22)7-10-21-8-4-6-15(21)23/h12,14H,2-11H2,1H3,(H,19,26)/t14-/m1/s1. The summed E-state index contributed by atoms with van der Waals surface area (Å²) in [6.07, 6.45) is 6.60. The Hall–Kier alpha value is -2.38. The summed E-state index contributed by atoms with van der Waals surface area (Å²) in [5.41, 5.74) is -0.619. The number of nitrogens with zero attached hydrogens (tertiary/aromatic N) is 3. The smallest absolute Gasteiger partial charge is 0.328 e. The second-order valence-electron chi connectivity index (χ2n) is 7.17. The van der Waals surface area contributed by atoms with E-state index < -0.39 is 11.2 Å². The van der Waals surface area contributed by atoms with Crippen LogP contribution in [0.2, 0.25) is 0 Å². The molecule has 26 heavy (non-hydrogen) atoms. The fraction of sp³-hybridized carbons (Fsp3) is 0.667. The Balaban J connectivity index is 1.66. The van der Waals surface area contributed by atoms with Crippen molar-refractivity contribution in [3.05, 3.63) is 32.6 Å². The van der Waals surface area contributed by atoms with Crippen LogP contribution in [0.25, 0.3) is 0 Å². The third-order valence-electron chi connectivity index (χ3n) is 5.45. The van der Waals surface area contributed by atoms with Gasteiger partial charge in [-0.15, -0.1) is 0 Å². The number of likely N-dealkylation sites (tertiary alicyclic amines) is 2. The molecule has 1 aromatic heterocycles. The Kier molecular flexibility index (Phi) is 5.58. The van der Waals surface area contributed by atoms with Crippen LogP contribution in [0.1, 0.15) is 44.1 Å². The van der Waals surface area contributed by atoms with E-state index in [1.165, 1.54) is 13.2 Å². The Bertz CT molecular complexity index is 797. The van der Waals surface area contributed by atoms with Crippen molar-refractivity contribution in [1.29, 1.82) is 0 Å². The first-order chi connectivity index (χ1) is 12.5. The molecule has 8 heteroatoms. The van der Waals surface area contributed by atoms with Crippen LogP contribution in [0.5, 0.6) is 0 Å². The lowest BCUT2D eigenvalue weighted by Crippen LogP contribution is -2.46. The second kappa shape index (κ2) is 7.88. The summed E-state index contributed by atoms with van der Waals surface area (Å²) in [7, 11) is 1.39. The molecule has 2 fully saturated rings. The molecule has 0 radical (unpaired) electrons. The number of hydrogen-bond donors (Lipinski definition) is 1. The summed E-state index contributed by atoms with van der Waals surface area (Å²) in [4.78, 5) is 54.4. The van der Waals surface area contributed by atoms with Gasteiger partial charge in [0.05, 0.1) is 6.42 Å². The minimum Gasteiger partial charge on any atom is -0.343 e. The Morgan fingerprint density at radius 2 is 2.00 bits per heavy atom. The average Bonchev–Trinajstić information content (AvgIpc) is 3.05. The molecule has 1 atom stereocenters. The van der Waals surface area contributed by atoms with E-state index in [2.05, 4.69) is 4.98 Å². The van der Waals surface area contributed by atoms with Crippen LogP contribution in [0.3, 0.4) is 0 Å². The number of aromatic amines is 1. The molecule has 142 valence electrons. The number of piperidine rings is 1. The van der Waals surface area contributed by atoms with E-state index in [0.29, 0.717) is 25.1 Å². The summed E-state index contributed by atoms with van der Waals surface area (Å²) < 4.78 is 0.981. The zero-order valence-electron chi connectivity index (χ0n) is 15.2. The molecule has 2 aliphatic rings. The number of H-pyrrole nitrogens is 1. The van der Waals surface area contributed by atoms with E-state index in [0.717, 1.165) is 43.2 Å². The predicted octanol–water partition coefficient (Wildman–Crippen LogP) is 0.00970. The van der Waals surface area contributed by atoms with Gasteiger partial charge in [-0.1, -0.05) is 0 Å². The van der Waals surface area contributed by atoms with Crippen LogP contribution in [-0.2, 0) is 23.1 Å². The normalized spacial score (nSPS) is 20.7. The summed E-state index contributed by atoms with van der Waals surface area (Å²) in [5, 5.41) is 0. The highest BCUT2D eigenvalue weighted by Crippen LogP contribution is 2.22. The number of aromatic nitrogens is 2. The molecule has 0 aliphatic carbocycles. The average molecular weight is 362 g/mol. The number of nitrogens with one attached hydrogen (secondary N) is 1. The van der Waals surface area contributed by atoms with Gasteiger partial charge in [0.15, 0.2) is 0 Å². The zero-order valence-corrected chi connectivity index (χ0v) is 15.2. The molecule has 2 saturated heterocycles. The molecular formula is C18H26N4O4. The van der Waals surface area contributed by atoms with Crippen molar-refractivity contribution in [3.63, 3.8) is 0 Å². The molecule has 1 aromatic rings. The largest absolute Gasteiger partial charge is 0.343 e. The number of amides is 2. The zero-order chi connectivity index (χ0) is 18.7. The Morgan fingerprint density at radius 3 is 2.73 bits per heavy atom. The number of rotatable bonds is 5. The minimum absolute atomic E-state index is 0.0113. The molecule has 0 aromatic carbocycles. The van der Waals surface area contributed by atoms with Gasteiger partial charge >= 0.3 is 5.69 Å². The fourth-order valence-electron chi connectivity index (χ4n) is 3.88. The number of carbonyl (C=O) groups is 2. The van der Waals surface area contributed by atoms with E-state index in [1.54, 1.807) is 0 Å². The molecule has 3 rings (SSSR count). The van der Waals surface area contributed by atoms with Gasteiger partial charge in [-0.05, 0) is 32.1 Å². The van der Waals surface area contributed by atoms with Gasteiger partial charge in [0.1, 0.15) is 0 Å². The first kappa shape index (κ1) is 18.4. The van der Waals surface area contributed by atoms with E-state index in [-0.39, 0.29) is 24.3 Å². The van der Waals surface area contributed by atoms with Crippen molar-refractivity contribution >= 4 is 11.8 Å². The van der Waals surface area contributed by atoms with Gasteiger partial charge in [-0.2, -0.15) is 0 Å². The summed E-state index contributed by atoms with van der Waals surface area (Å²) in [5.74, 6) is 0.113. The van der Waals surface area contributed by atoms with Gasteiger partial charge in [0.25, 0.3) is 5.56 Å². The van der Waals surface area contributed by atoms with Crippen molar-refractivity contribution < 1.29 is 9.59 Å². The van der Waals surface area contributed by atoms with Crippen LogP contribution in [0, 0.1) is 0 Å². The van der Waals surface area contributed by atoms with Gasteiger partial charge in [-0.25, -0.2) is 4.79 Å². The van der Waals surface area contributed by atoms with E-state index in [1.807, 2.05) is 9.80 Å². The Morgan fingerprint density at radius 1 is 1.19 bits per heavy atom. The molecule has 0 bridgehead atoms. The lowest BCUT2D eigenvalue weighted by molar-refractivity contribution is -0.134. The van der Waals surface area contributed by atoms with Crippen molar-refractivity contribution in [1.82, 2.24) is 19.4 Å². The monoisotopic (exact) mass is 362 g/mol. The van der Waals surface area contributed by atoms with Crippen LogP contribution in [0.15, 0.2) is 15.8 Å². The van der Waals surface area contributed by atoms with Crippen molar-refractivity contribution in [2.75, 3.05) is 19.6 Å². The molecule has 0 unspecified atom stereocenters. The first-order valence-electron chi connectivity index (χ1n) is 9.32. The molecular weight excluding hydrogens is 336 g/mol. The second-order valence-corrected chi connectivity index (χ2v) is 7.17. The lowest BCUT2D eigenvalue weighted by Gasteiger charge is -2.36. The van der Waals surface area contributed by atoms with Crippen LogP contribution in [0.4, 0.5) is 0 Å². The van der Waals surface area contributed by atoms with Crippen molar-refractivity contribution in [2.24, 2.45) is 7.05 Å². The van der Waals surface area contributed by atoms with Crippen molar-refractivity contribution in [2.45, 2.75) is 51.0 Å². The predicted molar refractivity (Wildman–Crippen MR) is 95.8 cm³/mol. The quantitative estimate of drug-likeness (QED) is 0.798. The summed E-state index contributed by atoms with van der Waals surface area (Å²) in [6, 6.07) is 0.108.